The van der Waals surface area contributed by atoms with Crippen molar-refractivity contribution in [2.45, 2.75) is 58.7 Å². The molecule has 1 aliphatic carbocycles. The smallest absolute Gasteiger partial charge is 0.0296 e. The number of thiophene rings is 1. The van der Waals surface area contributed by atoms with Crippen LogP contribution in [0.2, 0.25) is 0 Å². The van der Waals surface area contributed by atoms with Gasteiger partial charge in [0.25, 0.3) is 0 Å². The minimum absolute atomic E-state index is 0.795. The highest BCUT2D eigenvalue weighted by molar-refractivity contribution is 7.12. The molecule has 2 rings (SSSR count). The minimum Gasteiger partial charge on any atom is -0.315 e. The molecule has 0 saturated heterocycles. The Balaban J connectivity index is 1.92. The first-order chi connectivity index (χ1) is 9.10. The van der Waals surface area contributed by atoms with E-state index in [1.54, 1.807) is 0 Å². The first-order valence-corrected chi connectivity index (χ1v) is 8.34. The standard InChI is InChI=1S/C16H28N2S/c1-12-5-7-15(8-6-12)18(4)11-14-9-16(10-17-3)19-13(14)2/h9,12,15,17H,5-8,10-11H2,1-4H3. The third-order valence-corrected chi connectivity index (χ3v) is 5.54. The average molecular weight is 280 g/mol. The van der Waals surface area contributed by atoms with E-state index in [0.717, 1.165) is 25.0 Å². The molecule has 2 nitrogen and oxygen atoms in total. The summed E-state index contributed by atoms with van der Waals surface area (Å²) in [6.07, 6.45) is 5.57. The summed E-state index contributed by atoms with van der Waals surface area (Å²) in [7, 11) is 4.32. The van der Waals surface area contributed by atoms with Crippen LogP contribution in [0.4, 0.5) is 0 Å². The Labute approximate surface area is 122 Å². The Morgan fingerprint density at radius 2 is 2.00 bits per heavy atom. The summed E-state index contributed by atoms with van der Waals surface area (Å²) in [6, 6.07) is 3.18. The van der Waals surface area contributed by atoms with E-state index in [1.807, 2.05) is 18.4 Å². The van der Waals surface area contributed by atoms with Gasteiger partial charge >= 0.3 is 0 Å². The molecule has 0 aliphatic heterocycles. The molecule has 19 heavy (non-hydrogen) atoms. The van der Waals surface area contributed by atoms with Crippen LogP contribution in [0, 0.1) is 12.8 Å². The van der Waals surface area contributed by atoms with Gasteiger partial charge in [0.2, 0.25) is 0 Å². The highest BCUT2D eigenvalue weighted by Gasteiger charge is 2.22. The SMILES string of the molecule is CNCc1cc(CN(C)C2CCC(C)CC2)c(C)s1. The van der Waals surface area contributed by atoms with Gasteiger partial charge in [-0.25, -0.2) is 0 Å². The summed E-state index contributed by atoms with van der Waals surface area (Å²) in [6.45, 7) is 6.76. The van der Waals surface area contributed by atoms with Gasteiger partial charge in [-0.3, -0.25) is 4.90 Å². The topological polar surface area (TPSA) is 15.3 Å². The number of nitrogens with zero attached hydrogens (tertiary/aromatic N) is 1. The molecule has 0 aromatic carbocycles. The third-order valence-electron chi connectivity index (χ3n) is 4.45. The minimum atomic E-state index is 0.795. The fourth-order valence-electron chi connectivity index (χ4n) is 3.09. The average Bonchev–Trinajstić information content (AvgIpc) is 2.71. The van der Waals surface area contributed by atoms with Gasteiger partial charge in [-0.15, -0.1) is 11.3 Å². The molecule has 0 unspecified atom stereocenters. The lowest BCUT2D eigenvalue weighted by molar-refractivity contribution is 0.164. The van der Waals surface area contributed by atoms with Crippen molar-refractivity contribution >= 4 is 11.3 Å². The molecule has 1 aliphatic rings. The lowest BCUT2D eigenvalue weighted by Crippen LogP contribution is -2.34. The lowest BCUT2D eigenvalue weighted by atomic mass is 9.86. The molecule has 1 aromatic rings. The number of aryl methyl sites for hydroxylation is 1. The molecule has 1 aromatic heterocycles. The second-order valence-electron chi connectivity index (χ2n) is 6.15. The zero-order chi connectivity index (χ0) is 13.8. The van der Waals surface area contributed by atoms with Gasteiger partial charge < -0.3 is 5.32 Å². The van der Waals surface area contributed by atoms with Crippen molar-refractivity contribution in [1.29, 1.82) is 0 Å². The van der Waals surface area contributed by atoms with E-state index in [-0.39, 0.29) is 0 Å². The monoisotopic (exact) mass is 280 g/mol. The van der Waals surface area contributed by atoms with Crippen LogP contribution in [-0.4, -0.2) is 25.0 Å². The Morgan fingerprint density at radius 3 is 2.63 bits per heavy atom. The number of hydrogen-bond acceptors (Lipinski definition) is 3. The maximum absolute atomic E-state index is 3.24. The summed E-state index contributed by atoms with van der Waals surface area (Å²) in [5.41, 5.74) is 1.52. The molecule has 108 valence electrons. The van der Waals surface area contributed by atoms with Gasteiger partial charge in [0, 0.05) is 28.9 Å². The maximum Gasteiger partial charge on any atom is 0.0296 e. The Kier molecular flexibility index (Phi) is 5.43. The summed E-state index contributed by atoms with van der Waals surface area (Å²) in [5.74, 6) is 0.940. The van der Waals surface area contributed by atoms with Gasteiger partial charge in [0.1, 0.15) is 0 Å². The van der Waals surface area contributed by atoms with Crippen molar-refractivity contribution in [3.05, 3.63) is 21.4 Å². The molecular formula is C16H28N2S. The summed E-state index contributed by atoms with van der Waals surface area (Å²) >= 11 is 1.94. The number of nitrogens with one attached hydrogen (secondary N) is 1. The van der Waals surface area contributed by atoms with E-state index in [1.165, 1.54) is 41.0 Å². The zero-order valence-electron chi connectivity index (χ0n) is 12.8. The highest BCUT2D eigenvalue weighted by atomic mass is 32.1. The van der Waals surface area contributed by atoms with Crippen LogP contribution in [0.3, 0.4) is 0 Å². The number of hydrogen-bond donors (Lipinski definition) is 1. The van der Waals surface area contributed by atoms with Crippen LogP contribution in [0.25, 0.3) is 0 Å². The van der Waals surface area contributed by atoms with Crippen LogP contribution in [0.15, 0.2) is 6.07 Å². The van der Waals surface area contributed by atoms with Crippen LogP contribution in [0.5, 0.6) is 0 Å². The second-order valence-corrected chi connectivity index (χ2v) is 7.49. The predicted octanol–water partition coefficient (Wildman–Crippen LogP) is 3.79. The molecule has 0 atom stereocenters. The Hall–Kier alpha value is -0.380. The van der Waals surface area contributed by atoms with E-state index < -0.39 is 0 Å². The summed E-state index contributed by atoms with van der Waals surface area (Å²) in [5, 5.41) is 3.24. The lowest BCUT2D eigenvalue weighted by Gasteiger charge is -2.33. The van der Waals surface area contributed by atoms with Gasteiger partial charge in [0.05, 0.1) is 0 Å². The second kappa shape index (κ2) is 6.87. The molecular weight excluding hydrogens is 252 g/mol. The van der Waals surface area contributed by atoms with Gasteiger partial charge in [0.15, 0.2) is 0 Å². The van der Waals surface area contributed by atoms with E-state index in [0.29, 0.717) is 0 Å². The number of rotatable bonds is 5. The largest absolute Gasteiger partial charge is 0.315 e. The maximum atomic E-state index is 3.24. The molecule has 1 fully saturated rings. The fraction of sp³-hybridized carbons (Fsp3) is 0.750. The van der Waals surface area contributed by atoms with E-state index >= 15 is 0 Å². The third kappa shape index (κ3) is 4.04. The van der Waals surface area contributed by atoms with Crippen molar-refractivity contribution in [3.8, 4) is 0 Å². The van der Waals surface area contributed by atoms with E-state index in [4.69, 9.17) is 0 Å². The van der Waals surface area contributed by atoms with Gasteiger partial charge in [-0.05, 0) is 64.3 Å². The first-order valence-electron chi connectivity index (χ1n) is 7.53. The molecule has 1 N–H and O–H groups in total. The normalized spacial score (nSPS) is 24.1. The van der Waals surface area contributed by atoms with Crippen molar-refractivity contribution < 1.29 is 0 Å². The molecule has 0 bridgehead atoms. The predicted molar refractivity (Wildman–Crippen MR) is 84.7 cm³/mol. The van der Waals surface area contributed by atoms with Gasteiger partial charge in [-0.2, -0.15) is 0 Å². The van der Waals surface area contributed by atoms with Crippen LogP contribution in [-0.2, 0) is 13.1 Å². The highest BCUT2D eigenvalue weighted by Crippen LogP contribution is 2.29. The summed E-state index contributed by atoms with van der Waals surface area (Å²) in [4.78, 5) is 5.52. The molecule has 1 heterocycles. The Morgan fingerprint density at radius 1 is 1.32 bits per heavy atom. The molecule has 0 spiro atoms. The van der Waals surface area contributed by atoms with Crippen molar-refractivity contribution in [1.82, 2.24) is 10.2 Å². The molecule has 1 saturated carbocycles. The van der Waals surface area contributed by atoms with Crippen LogP contribution < -0.4 is 5.32 Å². The quantitative estimate of drug-likeness (QED) is 0.883. The van der Waals surface area contributed by atoms with Crippen molar-refractivity contribution in [2.75, 3.05) is 14.1 Å². The van der Waals surface area contributed by atoms with Crippen LogP contribution >= 0.6 is 11.3 Å². The fourth-order valence-corrected chi connectivity index (χ4v) is 4.15. The molecule has 3 heteroatoms. The zero-order valence-corrected chi connectivity index (χ0v) is 13.6. The first kappa shape index (κ1) is 15.0. The van der Waals surface area contributed by atoms with Gasteiger partial charge in [-0.1, -0.05) is 6.92 Å². The molecule has 0 amide bonds. The van der Waals surface area contributed by atoms with E-state index in [2.05, 4.69) is 37.2 Å². The van der Waals surface area contributed by atoms with Crippen molar-refractivity contribution in [2.24, 2.45) is 5.92 Å². The molecule has 0 radical (unpaired) electrons. The van der Waals surface area contributed by atoms with Crippen molar-refractivity contribution in [3.63, 3.8) is 0 Å². The van der Waals surface area contributed by atoms with E-state index in [9.17, 15) is 0 Å². The van der Waals surface area contributed by atoms with Crippen LogP contribution in [0.1, 0.15) is 47.9 Å². The summed E-state index contributed by atoms with van der Waals surface area (Å²) < 4.78 is 0. The Bertz CT molecular complexity index is 391.